The maximum Gasteiger partial charge on any atom is 0.230 e. The number of halogens is 1. The number of fused-ring (bicyclic) bond motifs is 1. The highest BCUT2D eigenvalue weighted by atomic mass is 19.1. The number of hydrogen-bond donors (Lipinski definition) is 2. The van der Waals surface area contributed by atoms with Crippen LogP contribution in [0.1, 0.15) is 30.7 Å². The van der Waals surface area contributed by atoms with Crippen molar-refractivity contribution in [3.8, 4) is 0 Å². The molecule has 23 heavy (non-hydrogen) atoms. The van der Waals surface area contributed by atoms with Gasteiger partial charge in [0.05, 0.1) is 5.92 Å². The molecular weight excluding hydrogens is 301 g/mol. The molecule has 0 saturated carbocycles. The normalized spacial score (nSPS) is 23.3. The molecule has 122 valence electrons. The number of rotatable bonds is 3. The lowest BCUT2D eigenvalue weighted by molar-refractivity contribution is -0.134. The van der Waals surface area contributed by atoms with Crippen LogP contribution >= 0.6 is 0 Å². The molecule has 0 bridgehead atoms. The molecule has 3 amide bonds. The molecule has 7 heteroatoms. The monoisotopic (exact) mass is 319 g/mol. The van der Waals surface area contributed by atoms with E-state index in [2.05, 4.69) is 5.32 Å². The average Bonchev–Trinajstić information content (AvgIpc) is 2.92. The zero-order valence-corrected chi connectivity index (χ0v) is 12.5. The summed E-state index contributed by atoms with van der Waals surface area (Å²) in [7, 11) is 0. The molecule has 3 N–H and O–H groups in total. The van der Waals surface area contributed by atoms with Gasteiger partial charge in [-0.05, 0) is 30.0 Å². The number of likely N-dealkylation sites (tertiary alicyclic amines) is 1. The van der Waals surface area contributed by atoms with Crippen LogP contribution in [0.5, 0.6) is 0 Å². The lowest BCUT2D eigenvalue weighted by atomic mass is 9.89. The summed E-state index contributed by atoms with van der Waals surface area (Å²) in [5.74, 6) is -1.82. The minimum atomic E-state index is -0.605. The predicted octanol–water partition coefficient (Wildman–Crippen LogP) is 0.975. The van der Waals surface area contributed by atoms with Gasteiger partial charge in [-0.1, -0.05) is 6.07 Å². The Morgan fingerprint density at radius 3 is 2.91 bits per heavy atom. The quantitative estimate of drug-likeness (QED) is 0.869. The van der Waals surface area contributed by atoms with Crippen molar-refractivity contribution in [1.29, 1.82) is 0 Å². The number of carbonyl (C=O) groups excluding carboxylic acids is 3. The Morgan fingerprint density at radius 1 is 1.39 bits per heavy atom. The molecule has 2 aliphatic rings. The highest BCUT2D eigenvalue weighted by Crippen LogP contribution is 2.35. The average molecular weight is 319 g/mol. The van der Waals surface area contributed by atoms with Crippen LogP contribution < -0.4 is 11.1 Å². The first-order valence-electron chi connectivity index (χ1n) is 7.60. The van der Waals surface area contributed by atoms with E-state index in [0.29, 0.717) is 24.3 Å². The molecule has 6 nitrogen and oxygen atoms in total. The Labute approximate surface area is 132 Å². The van der Waals surface area contributed by atoms with Crippen LogP contribution in [0.2, 0.25) is 0 Å². The zero-order chi connectivity index (χ0) is 16.6. The Balaban J connectivity index is 1.78. The molecule has 0 radical (unpaired) electrons. The van der Waals surface area contributed by atoms with Crippen LogP contribution in [0.4, 0.5) is 10.1 Å². The number of nitrogens with two attached hydrogens (primary N) is 1. The van der Waals surface area contributed by atoms with E-state index in [1.165, 1.54) is 12.1 Å². The van der Waals surface area contributed by atoms with E-state index in [9.17, 15) is 18.8 Å². The van der Waals surface area contributed by atoms with Gasteiger partial charge in [0, 0.05) is 31.6 Å². The Kier molecular flexibility index (Phi) is 4.02. The van der Waals surface area contributed by atoms with Gasteiger partial charge in [-0.3, -0.25) is 14.4 Å². The van der Waals surface area contributed by atoms with E-state index < -0.39 is 11.7 Å². The summed E-state index contributed by atoms with van der Waals surface area (Å²) >= 11 is 0. The summed E-state index contributed by atoms with van der Waals surface area (Å²) in [6, 6.07) is 4.06. The number of primary amides is 1. The van der Waals surface area contributed by atoms with Crippen LogP contribution in [0.15, 0.2) is 18.2 Å². The van der Waals surface area contributed by atoms with Crippen molar-refractivity contribution in [2.45, 2.75) is 25.2 Å². The van der Waals surface area contributed by atoms with Crippen LogP contribution in [-0.4, -0.2) is 35.7 Å². The Hall–Kier alpha value is -2.44. The number of anilines is 1. The molecule has 1 saturated heterocycles. The van der Waals surface area contributed by atoms with E-state index in [1.807, 2.05) is 0 Å². The lowest BCUT2D eigenvalue weighted by Gasteiger charge is -2.28. The molecule has 0 aliphatic carbocycles. The Morgan fingerprint density at radius 2 is 2.17 bits per heavy atom. The number of nitrogens with one attached hydrogen (secondary N) is 1. The van der Waals surface area contributed by atoms with Crippen LogP contribution in [-0.2, 0) is 14.4 Å². The SMILES string of the molecule is NC(=O)CC1CCN(C(=O)C2CC(=O)Nc3cc(F)ccc32)C1. The van der Waals surface area contributed by atoms with Crippen molar-refractivity contribution in [2.75, 3.05) is 18.4 Å². The van der Waals surface area contributed by atoms with Gasteiger partial charge in [-0.2, -0.15) is 0 Å². The summed E-state index contributed by atoms with van der Waals surface area (Å²) in [6.07, 6.45) is 1.04. The number of benzene rings is 1. The van der Waals surface area contributed by atoms with Crippen molar-refractivity contribution in [1.82, 2.24) is 4.90 Å². The molecular formula is C16H18FN3O3. The fourth-order valence-electron chi connectivity index (χ4n) is 3.36. The van der Waals surface area contributed by atoms with Crippen molar-refractivity contribution in [2.24, 2.45) is 11.7 Å². The van der Waals surface area contributed by atoms with Crippen molar-refractivity contribution in [3.05, 3.63) is 29.6 Å². The predicted molar refractivity (Wildman–Crippen MR) is 80.9 cm³/mol. The minimum Gasteiger partial charge on any atom is -0.370 e. The van der Waals surface area contributed by atoms with Crippen molar-refractivity contribution in [3.63, 3.8) is 0 Å². The van der Waals surface area contributed by atoms with Crippen LogP contribution in [0, 0.1) is 11.7 Å². The third-order valence-corrected chi connectivity index (χ3v) is 4.44. The van der Waals surface area contributed by atoms with Gasteiger partial charge in [0.25, 0.3) is 0 Å². The molecule has 1 aromatic rings. The standard InChI is InChI=1S/C16H18FN3O3/c17-10-1-2-11-12(7-15(22)19-13(11)6-10)16(23)20-4-3-9(8-20)5-14(18)21/h1-2,6,9,12H,3-5,7-8H2,(H2,18,21)(H,19,22). The zero-order valence-electron chi connectivity index (χ0n) is 12.5. The highest BCUT2D eigenvalue weighted by Gasteiger charge is 2.36. The first kappa shape index (κ1) is 15.5. The smallest absolute Gasteiger partial charge is 0.230 e. The van der Waals surface area contributed by atoms with E-state index in [4.69, 9.17) is 5.73 Å². The van der Waals surface area contributed by atoms with E-state index in [0.717, 1.165) is 6.42 Å². The first-order valence-corrected chi connectivity index (χ1v) is 7.60. The summed E-state index contributed by atoms with van der Waals surface area (Å²) in [6.45, 7) is 1.02. The largest absolute Gasteiger partial charge is 0.370 e. The number of amides is 3. The summed E-state index contributed by atoms with van der Waals surface area (Å²) in [5.41, 5.74) is 6.19. The van der Waals surface area contributed by atoms with Crippen molar-refractivity contribution < 1.29 is 18.8 Å². The van der Waals surface area contributed by atoms with Gasteiger partial charge >= 0.3 is 0 Å². The number of nitrogens with zero attached hydrogens (tertiary/aromatic N) is 1. The lowest BCUT2D eigenvalue weighted by Crippen LogP contribution is -2.37. The van der Waals surface area contributed by atoms with Gasteiger partial charge in [-0.15, -0.1) is 0 Å². The fourth-order valence-corrected chi connectivity index (χ4v) is 3.36. The third kappa shape index (κ3) is 3.18. The van der Waals surface area contributed by atoms with Crippen molar-refractivity contribution >= 4 is 23.4 Å². The van der Waals surface area contributed by atoms with E-state index in [-0.39, 0.29) is 36.5 Å². The Bertz CT molecular complexity index is 677. The summed E-state index contributed by atoms with van der Waals surface area (Å²) in [4.78, 5) is 37.2. The second-order valence-electron chi connectivity index (χ2n) is 6.15. The molecule has 1 fully saturated rings. The summed E-state index contributed by atoms with van der Waals surface area (Å²) in [5, 5.41) is 2.60. The number of carbonyl (C=O) groups is 3. The molecule has 2 aliphatic heterocycles. The van der Waals surface area contributed by atoms with Gasteiger partial charge in [0.1, 0.15) is 5.82 Å². The van der Waals surface area contributed by atoms with E-state index >= 15 is 0 Å². The first-order chi connectivity index (χ1) is 10.9. The summed E-state index contributed by atoms with van der Waals surface area (Å²) < 4.78 is 13.3. The van der Waals surface area contributed by atoms with Crippen LogP contribution in [0.25, 0.3) is 0 Å². The second kappa shape index (κ2) is 5.98. The maximum atomic E-state index is 13.3. The third-order valence-electron chi connectivity index (χ3n) is 4.44. The molecule has 0 spiro atoms. The number of hydrogen-bond acceptors (Lipinski definition) is 3. The molecule has 3 rings (SSSR count). The van der Waals surface area contributed by atoms with Gasteiger partial charge in [0.2, 0.25) is 17.7 Å². The second-order valence-corrected chi connectivity index (χ2v) is 6.15. The van der Waals surface area contributed by atoms with Gasteiger partial charge in [0.15, 0.2) is 0 Å². The van der Waals surface area contributed by atoms with Gasteiger partial charge < -0.3 is 16.0 Å². The molecule has 2 unspecified atom stereocenters. The topological polar surface area (TPSA) is 92.5 Å². The van der Waals surface area contributed by atoms with E-state index in [1.54, 1.807) is 11.0 Å². The minimum absolute atomic E-state index is 0.0501. The highest BCUT2D eigenvalue weighted by molar-refractivity contribution is 6.01. The molecule has 2 atom stereocenters. The van der Waals surface area contributed by atoms with Crippen LogP contribution in [0.3, 0.4) is 0 Å². The molecule has 0 aromatic heterocycles. The fraction of sp³-hybridized carbons (Fsp3) is 0.438. The van der Waals surface area contributed by atoms with Gasteiger partial charge in [-0.25, -0.2) is 4.39 Å². The molecule has 2 heterocycles. The maximum absolute atomic E-state index is 13.3. The molecule has 1 aromatic carbocycles.